The fraction of sp³-hybridized carbons (Fsp3) is 0.895. The van der Waals surface area contributed by atoms with Crippen molar-refractivity contribution in [2.45, 2.75) is 77.5 Å². The average molecular weight is 292 g/mol. The second-order valence-corrected chi connectivity index (χ2v) is 8.71. The number of allylic oxidation sites excluding steroid dienone is 2. The van der Waals surface area contributed by atoms with Gasteiger partial charge in [0, 0.05) is 0 Å². The highest BCUT2D eigenvalue weighted by molar-refractivity contribution is 5.24. The first kappa shape index (κ1) is 14.2. The van der Waals surface area contributed by atoms with Crippen LogP contribution in [0.1, 0.15) is 65.2 Å². The van der Waals surface area contributed by atoms with Crippen molar-refractivity contribution in [2.75, 3.05) is 0 Å². The van der Waals surface area contributed by atoms with Crippen LogP contribution in [0.25, 0.3) is 0 Å². The van der Waals surface area contributed by atoms with Crippen LogP contribution in [0.15, 0.2) is 11.6 Å². The zero-order valence-electron chi connectivity index (χ0n) is 13.4. The molecule has 1 N–H and O–H groups in total. The molecule has 0 radical (unpaired) electrons. The van der Waals surface area contributed by atoms with E-state index in [9.17, 15) is 9.50 Å². The van der Waals surface area contributed by atoms with Crippen molar-refractivity contribution in [1.29, 1.82) is 0 Å². The minimum Gasteiger partial charge on any atom is -0.390 e. The lowest BCUT2D eigenvalue weighted by atomic mass is 9.48. The number of aliphatic hydroxyl groups excluding tert-OH is 1. The van der Waals surface area contributed by atoms with Crippen molar-refractivity contribution in [3.05, 3.63) is 11.6 Å². The Labute approximate surface area is 128 Å². The molecule has 4 aliphatic carbocycles. The molecule has 4 rings (SSSR count). The fourth-order valence-corrected chi connectivity index (χ4v) is 6.64. The first-order chi connectivity index (χ1) is 9.97. The van der Waals surface area contributed by atoms with E-state index in [2.05, 4.69) is 19.9 Å². The van der Waals surface area contributed by atoms with Gasteiger partial charge in [-0.2, -0.15) is 0 Å². The van der Waals surface area contributed by atoms with E-state index in [4.69, 9.17) is 0 Å². The Morgan fingerprint density at radius 1 is 1.19 bits per heavy atom. The second-order valence-electron chi connectivity index (χ2n) is 8.71. The summed E-state index contributed by atoms with van der Waals surface area (Å²) < 4.78 is 14.2. The van der Waals surface area contributed by atoms with Gasteiger partial charge in [0.15, 0.2) is 0 Å². The van der Waals surface area contributed by atoms with Crippen LogP contribution in [0.2, 0.25) is 0 Å². The topological polar surface area (TPSA) is 20.2 Å². The monoisotopic (exact) mass is 292 g/mol. The van der Waals surface area contributed by atoms with Crippen LogP contribution in [0, 0.1) is 28.6 Å². The smallest absolute Gasteiger partial charge is 0.127 e. The predicted molar refractivity (Wildman–Crippen MR) is 82.6 cm³/mol. The fourth-order valence-electron chi connectivity index (χ4n) is 6.64. The summed E-state index contributed by atoms with van der Waals surface area (Å²) in [6, 6.07) is 0. The largest absolute Gasteiger partial charge is 0.390 e. The van der Waals surface area contributed by atoms with Crippen molar-refractivity contribution < 1.29 is 9.50 Å². The molecule has 3 fully saturated rings. The zero-order chi connectivity index (χ0) is 14.8. The molecule has 0 aromatic heterocycles. The first-order valence-electron chi connectivity index (χ1n) is 8.98. The van der Waals surface area contributed by atoms with Crippen LogP contribution in [0.3, 0.4) is 0 Å². The van der Waals surface area contributed by atoms with Crippen LogP contribution in [0.4, 0.5) is 4.39 Å². The molecule has 21 heavy (non-hydrogen) atoms. The van der Waals surface area contributed by atoms with E-state index in [1.54, 1.807) is 5.57 Å². The van der Waals surface area contributed by atoms with E-state index < -0.39 is 12.3 Å². The molecule has 0 aromatic carbocycles. The predicted octanol–water partition coefficient (Wildman–Crippen LogP) is 4.65. The van der Waals surface area contributed by atoms with Crippen molar-refractivity contribution in [3.8, 4) is 0 Å². The molecular formula is C19H29FO. The van der Waals surface area contributed by atoms with Gasteiger partial charge < -0.3 is 5.11 Å². The molecule has 0 aromatic rings. The summed E-state index contributed by atoms with van der Waals surface area (Å²) in [5.74, 6) is 1.72. The number of aliphatic hydroxyl groups is 1. The van der Waals surface area contributed by atoms with E-state index in [1.807, 2.05) is 0 Å². The van der Waals surface area contributed by atoms with Gasteiger partial charge in [-0.15, -0.1) is 0 Å². The summed E-state index contributed by atoms with van der Waals surface area (Å²) >= 11 is 0. The van der Waals surface area contributed by atoms with E-state index >= 15 is 0 Å². The molecule has 4 aliphatic rings. The van der Waals surface area contributed by atoms with Crippen LogP contribution in [0.5, 0.6) is 0 Å². The van der Waals surface area contributed by atoms with Crippen LogP contribution >= 0.6 is 0 Å². The highest BCUT2D eigenvalue weighted by Gasteiger charge is 2.60. The molecule has 0 aliphatic heterocycles. The third-order valence-corrected chi connectivity index (χ3v) is 7.95. The highest BCUT2D eigenvalue weighted by atomic mass is 19.1. The van der Waals surface area contributed by atoms with Crippen molar-refractivity contribution in [1.82, 2.24) is 0 Å². The number of rotatable bonds is 0. The maximum Gasteiger partial charge on any atom is 0.127 e. The van der Waals surface area contributed by atoms with Gasteiger partial charge in [-0.25, -0.2) is 4.39 Å². The summed E-state index contributed by atoms with van der Waals surface area (Å²) in [7, 11) is 0. The Kier molecular flexibility index (Phi) is 3.10. The third kappa shape index (κ3) is 1.77. The summed E-state index contributed by atoms with van der Waals surface area (Å²) in [5, 5.41) is 10.3. The number of hydrogen-bond donors (Lipinski definition) is 1. The minimum absolute atomic E-state index is 0.170. The molecule has 118 valence electrons. The highest BCUT2D eigenvalue weighted by Crippen LogP contribution is 2.65. The van der Waals surface area contributed by atoms with Gasteiger partial charge in [0.1, 0.15) is 6.17 Å². The van der Waals surface area contributed by atoms with Crippen LogP contribution in [-0.4, -0.2) is 17.4 Å². The zero-order valence-corrected chi connectivity index (χ0v) is 13.4. The summed E-state index contributed by atoms with van der Waals surface area (Å²) in [5.41, 5.74) is 1.91. The number of fused-ring (bicyclic) bond motifs is 5. The molecule has 0 bridgehead atoms. The molecule has 0 heterocycles. The number of alkyl halides is 1. The molecule has 0 amide bonds. The van der Waals surface area contributed by atoms with E-state index in [1.165, 1.54) is 32.1 Å². The SMILES string of the molecule is C[C@]12CCCCC1=CC[C@@H]1[C@@H]2CC[C@]2(C)C(O)[C@H](F)C[C@@H]12. The number of halogens is 1. The van der Waals surface area contributed by atoms with E-state index in [-0.39, 0.29) is 5.41 Å². The quantitative estimate of drug-likeness (QED) is 0.644. The first-order valence-corrected chi connectivity index (χ1v) is 8.98. The van der Waals surface area contributed by atoms with Crippen molar-refractivity contribution >= 4 is 0 Å². The van der Waals surface area contributed by atoms with Crippen molar-refractivity contribution in [2.24, 2.45) is 28.6 Å². The van der Waals surface area contributed by atoms with Gasteiger partial charge >= 0.3 is 0 Å². The van der Waals surface area contributed by atoms with Gasteiger partial charge in [-0.1, -0.05) is 31.9 Å². The summed E-state index contributed by atoms with van der Waals surface area (Å²) in [4.78, 5) is 0. The molecule has 3 saturated carbocycles. The Morgan fingerprint density at radius 3 is 2.81 bits per heavy atom. The van der Waals surface area contributed by atoms with Gasteiger partial charge in [0.25, 0.3) is 0 Å². The van der Waals surface area contributed by atoms with Gasteiger partial charge in [-0.05, 0) is 73.5 Å². The molecule has 0 saturated heterocycles. The van der Waals surface area contributed by atoms with Crippen LogP contribution in [-0.2, 0) is 0 Å². The lowest BCUT2D eigenvalue weighted by molar-refractivity contribution is -0.0720. The standard InChI is InChI=1S/C19H29FO/c1-18-9-4-3-5-12(18)6-7-13-14(18)8-10-19(2)15(13)11-16(20)17(19)21/h6,13-17,21H,3-5,7-11H2,1-2H3/t13-,14+,15+,16-,17?,18+,19+/m1/s1. The Bertz CT molecular complexity index is 472. The Hall–Kier alpha value is -0.370. The maximum atomic E-state index is 14.2. The molecule has 2 heteroatoms. The molecule has 0 spiro atoms. The van der Waals surface area contributed by atoms with E-state index in [0.717, 1.165) is 18.8 Å². The normalized spacial score (nSPS) is 56.2. The second kappa shape index (κ2) is 4.57. The average Bonchev–Trinajstić information content (AvgIpc) is 2.70. The summed E-state index contributed by atoms with van der Waals surface area (Å²) in [6.07, 6.45) is 10.0. The van der Waals surface area contributed by atoms with Gasteiger partial charge in [0.2, 0.25) is 0 Å². The molecule has 7 atom stereocenters. The minimum atomic E-state index is -0.997. The van der Waals surface area contributed by atoms with Crippen LogP contribution < -0.4 is 0 Å². The third-order valence-electron chi connectivity index (χ3n) is 7.95. The van der Waals surface area contributed by atoms with Crippen molar-refractivity contribution in [3.63, 3.8) is 0 Å². The van der Waals surface area contributed by atoms with E-state index in [0.29, 0.717) is 23.7 Å². The number of hydrogen-bond acceptors (Lipinski definition) is 1. The Balaban J connectivity index is 1.70. The van der Waals surface area contributed by atoms with Gasteiger partial charge in [-0.3, -0.25) is 0 Å². The lowest BCUT2D eigenvalue weighted by Crippen LogP contribution is -2.50. The summed E-state index contributed by atoms with van der Waals surface area (Å²) in [6.45, 7) is 4.64. The van der Waals surface area contributed by atoms with Gasteiger partial charge in [0.05, 0.1) is 6.10 Å². The molecule has 1 nitrogen and oxygen atoms in total. The molecule has 1 unspecified atom stereocenters. The maximum absolute atomic E-state index is 14.2. The lowest BCUT2D eigenvalue weighted by Gasteiger charge is -2.57. The molecular weight excluding hydrogens is 263 g/mol. The Morgan fingerprint density at radius 2 is 2.00 bits per heavy atom.